The molecule has 2 aromatic heterocycles. The smallest absolute Gasteiger partial charge is 0.136 e. The molecule has 2 aromatic carbocycles. The number of rotatable bonds is 5. The van der Waals surface area contributed by atoms with Gasteiger partial charge in [0, 0.05) is 43.4 Å². The van der Waals surface area contributed by atoms with Gasteiger partial charge >= 0.3 is 0 Å². The molecule has 1 aliphatic heterocycles. The van der Waals surface area contributed by atoms with Gasteiger partial charge in [-0.1, -0.05) is 42.8 Å². The fourth-order valence-electron chi connectivity index (χ4n) is 4.81. The first-order valence-electron chi connectivity index (χ1n) is 11.1. The molecule has 1 saturated heterocycles. The normalized spacial score (nSPS) is 15.1. The SMILES string of the molecule is CCc1cn2ccc(Cl)c2n1Cc1ccc(N2CCC(c3ccc(F)cc3)CC2)cc1. The average Bonchev–Trinajstić information content (AvgIpc) is 3.34. The number of benzene rings is 2. The van der Waals surface area contributed by atoms with E-state index in [2.05, 4.69) is 51.3 Å². The molecule has 0 spiro atoms. The summed E-state index contributed by atoms with van der Waals surface area (Å²) in [5, 5.41) is 0.792. The van der Waals surface area contributed by atoms with Crippen molar-refractivity contribution in [2.75, 3.05) is 18.0 Å². The Hall–Kier alpha value is -2.72. The molecule has 31 heavy (non-hydrogen) atoms. The summed E-state index contributed by atoms with van der Waals surface area (Å²) >= 11 is 6.44. The van der Waals surface area contributed by atoms with E-state index in [0.29, 0.717) is 5.92 Å². The molecule has 5 rings (SSSR count). The van der Waals surface area contributed by atoms with Crippen LogP contribution in [0.4, 0.5) is 10.1 Å². The fraction of sp³-hybridized carbons (Fsp3) is 0.308. The molecule has 160 valence electrons. The summed E-state index contributed by atoms with van der Waals surface area (Å²) in [5.41, 5.74) is 6.14. The zero-order valence-corrected chi connectivity index (χ0v) is 18.5. The zero-order chi connectivity index (χ0) is 21.4. The minimum Gasteiger partial charge on any atom is -0.371 e. The van der Waals surface area contributed by atoms with Crippen LogP contribution < -0.4 is 4.90 Å². The van der Waals surface area contributed by atoms with Crippen LogP contribution in [-0.2, 0) is 13.0 Å². The molecule has 0 atom stereocenters. The van der Waals surface area contributed by atoms with Crippen LogP contribution in [0.3, 0.4) is 0 Å². The van der Waals surface area contributed by atoms with E-state index in [1.165, 1.54) is 22.5 Å². The first-order valence-corrected chi connectivity index (χ1v) is 11.4. The Morgan fingerprint density at radius 3 is 2.35 bits per heavy atom. The maximum Gasteiger partial charge on any atom is 0.136 e. The Kier molecular flexibility index (Phi) is 5.49. The van der Waals surface area contributed by atoms with Gasteiger partial charge in [-0.2, -0.15) is 0 Å². The summed E-state index contributed by atoms with van der Waals surface area (Å²) in [5.74, 6) is 0.360. The van der Waals surface area contributed by atoms with Gasteiger partial charge in [0.05, 0.1) is 5.02 Å². The summed E-state index contributed by atoms with van der Waals surface area (Å²) in [6, 6.07) is 17.9. The highest BCUT2D eigenvalue weighted by atomic mass is 35.5. The summed E-state index contributed by atoms with van der Waals surface area (Å²) in [6.07, 6.45) is 7.36. The highest BCUT2D eigenvalue weighted by molar-refractivity contribution is 6.33. The number of nitrogens with zero attached hydrogens (tertiary/aromatic N) is 3. The maximum atomic E-state index is 13.2. The van der Waals surface area contributed by atoms with Crippen LogP contribution >= 0.6 is 11.6 Å². The highest BCUT2D eigenvalue weighted by Crippen LogP contribution is 2.31. The monoisotopic (exact) mass is 435 g/mol. The van der Waals surface area contributed by atoms with Crippen molar-refractivity contribution in [2.24, 2.45) is 0 Å². The van der Waals surface area contributed by atoms with E-state index in [1.54, 1.807) is 12.1 Å². The molecular weight excluding hydrogens is 409 g/mol. The lowest BCUT2D eigenvalue weighted by atomic mass is 9.89. The Morgan fingerprint density at radius 1 is 0.968 bits per heavy atom. The molecule has 0 N–H and O–H groups in total. The Balaban J connectivity index is 1.27. The highest BCUT2D eigenvalue weighted by Gasteiger charge is 2.21. The summed E-state index contributed by atoms with van der Waals surface area (Å²) < 4.78 is 17.6. The van der Waals surface area contributed by atoms with Gasteiger partial charge in [0.25, 0.3) is 0 Å². The number of imidazole rings is 1. The third kappa shape index (κ3) is 3.97. The van der Waals surface area contributed by atoms with Gasteiger partial charge in [0.2, 0.25) is 0 Å². The van der Waals surface area contributed by atoms with Gasteiger partial charge in [-0.15, -0.1) is 0 Å². The quantitative estimate of drug-likeness (QED) is 0.347. The van der Waals surface area contributed by atoms with Crippen LogP contribution in [-0.4, -0.2) is 22.1 Å². The molecule has 0 amide bonds. The van der Waals surface area contributed by atoms with E-state index in [1.807, 2.05) is 24.4 Å². The minimum absolute atomic E-state index is 0.160. The van der Waals surface area contributed by atoms with Gasteiger partial charge in [-0.25, -0.2) is 4.39 Å². The molecule has 3 nitrogen and oxygen atoms in total. The molecular formula is C26H27ClFN3. The van der Waals surface area contributed by atoms with E-state index in [9.17, 15) is 4.39 Å². The number of piperidine rings is 1. The van der Waals surface area contributed by atoms with Crippen molar-refractivity contribution < 1.29 is 4.39 Å². The van der Waals surface area contributed by atoms with E-state index in [4.69, 9.17) is 11.6 Å². The van der Waals surface area contributed by atoms with Crippen molar-refractivity contribution in [3.63, 3.8) is 0 Å². The van der Waals surface area contributed by atoms with Gasteiger partial charge in [-0.3, -0.25) is 0 Å². The van der Waals surface area contributed by atoms with E-state index in [0.717, 1.165) is 49.6 Å². The number of aryl methyl sites for hydroxylation is 1. The maximum absolute atomic E-state index is 13.2. The summed E-state index contributed by atoms with van der Waals surface area (Å²) in [7, 11) is 0. The van der Waals surface area contributed by atoms with Crippen LogP contribution in [0.1, 0.15) is 42.5 Å². The van der Waals surface area contributed by atoms with Gasteiger partial charge in [-0.05, 0) is 66.6 Å². The second-order valence-corrected chi connectivity index (χ2v) is 8.84. The molecule has 4 aromatic rings. The third-order valence-electron chi connectivity index (χ3n) is 6.57. The number of hydrogen-bond donors (Lipinski definition) is 0. The average molecular weight is 436 g/mol. The van der Waals surface area contributed by atoms with E-state index < -0.39 is 0 Å². The third-order valence-corrected chi connectivity index (χ3v) is 6.87. The summed E-state index contributed by atoms with van der Waals surface area (Å²) in [4.78, 5) is 2.46. The van der Waals surface area contributed by atoms with Crippen LogP contribution in [0.5, 0.6) is 0 Å². The van der Waals surface area contributed by atoms with Crippen LogP contribution in [0, 0.1) is 5.82 Å². The Labute approximate surface area is 187 Å². The van der Waals surface area contributed by atoms with Crippen molar-refractivity contribution in [3.8, 4) is 0 Å². The first kappa shape index (κ1) is 20.2. The van der Waals surface area contributed by atoms with Crippen LogP contribution in [0.15, 0.2) is 67.0 Å². The molecule has 3 heterocycles. The number of hydrogen-bond acceptors (Lipinski definition) is 1. The lowest BCUT2D eigenvalue weighted by molar-refractivity contribution is 0.504. The standard InChI is InChI=1S/C26H27ClFN3/c1-2-23-18-30-16-13-25(27)26(30)31(23)17-19-3-9-24(10-4-19)29-14-11-21(12-15-29)20-5-7-22(28)8-6-20/h3-10,13,16,18,21H,2,11-12,14-15,17H2,1H3. The molecule has 0 aliphatic carbocycles. The number of fused-ring (bicyclic) bond motifs is 1. The van der Waals surface area contributed by atoms with Crippen molar-refractivity contribution in [2.45, 2.75) is 38.6 Å². The number of anilines is 1. The van der Waals surface area contributed by atoms with Crippen molar-refractivity contribution >= 4 is 22.9 Å². The van der Waals surface area contributed by atoms with Crippen LogP contribution in [0.25, 0.3) is 5.65 Å². The molecule has 1 fully saturated rings. The summed E-state index contributed by atoms with van der Waals surface area (Å²) in [6.45, 7) is 5.05. The second-order valence-electron chi connectivity index (χ2n) is 8.43. The first-order chi connectivity index (χ1) is 15.1. The van der Waals surface area contributed by atoms with Crippen molar-refractivity contribution in [1.82, 2.24) is 8.97 Å². The van der Waals surface area contributed by atoms with Crippen molar-refractivity contribution in [1.29, 1.82) is 0 Å². The van der Waals surface area contributed by atoms with Crippen LogP contribution in [0.2, 0.25) is 5.02 Å². The van der Waals surface area contributed by atoms with Gasteiger partial charge < -0.3 is 13.9 Å². The van der Waals surface area contributed by atoms with Crippen molar-refractivity contribution in [3.05, 3.63) is 94.7 Å². The van der Waals surface area contributed by atoms with E-state index >= 15 is 0 Å². The topological polar surface area (TPSA) is 12.6 Å². The zero-order valence-electron chi connectivity index (χ0n) is 17.8. The Bertz CT molecular complexity index is 1170. The largest absolute Gasteiger partial charge is 0.371 e. The number of aromatic nitrogens is 2. The molecule has 1 aliphatic rings. The molecule has 0 radical (unpaired) electrons. The van der Waals surface area contributed by atoms with Gasteiger partial charge in [0.15, 0.2) is 0 Å². The minimum atomic E-state index is -0.160. The lowest BCUT2D eigenvalue weighted by Crippen LogP contribution is -2.32. The van der Waals surface area contributed by atoms with Gasteiger partial charge in [0.1, 0.15) is 11.5 Å². The molecule has 0 bridgehead atoms. The lowest BCUT2D eigenvalue weighted by Gasteiger charge is -2.34. The molecule has 0 unspecified atom stereocenters. The predicted octanol–water partition coefficient (Wildman–Crippen LogP) is 6.53. The van der Waals surface area contributed by atoms with E-state index in [-0.39, 0.29) is 5.82 Å². The number of halogens is 2. The fourth-order valence-corrected chi connectivity index (χ4v) is 5.07. The second kappa shape index (κ2) is 8.43. The predicted molar refractivity (Wildman–Crippen MR) is 126 cm³/mol. The molecule has 5 heteroatoms. The Morgan fingerprint density at radius 2 is 1.68 bits per heavy atom. The molecule has 0 saturated carbocycles.